The molecule has 0 radical (unpaired) electrons. The van der Waals surface area contributed by atoms with Gasteiger partial charge >= 0.3 is 0 Å². The van der Waals surface area contributed by atoms with Gasteiger partial charge in [-0.3, -0.25) is 0 Å². The fourth-order valence-corrected chi connectivity index (χ4v) is 1.92. The molecule has 1 aliphatic heterocycles. The summed E-state index contributed by atoms with van der Waals surface area (Å²) in [7, 11) is 4.15. The maximum absolute atomic E-state index is 5.89. The topological polar surface area (TPSA) is 60.0 Å². The number of aromatic nitrogens is 3. The van der Waals surface area contributed by atoms with Crippen molar-refractivity contribution in [2.24, 2.45) is 5.73 Å². The van der Waals surface area contributed by atoms with E-state index in [-0.39, 0.29) is 6.04 Å². The van der Waals surface area contributed by atoms with Crippen LogP contribution in [0.4, 0.5) is 0 Å². The van der Waals surface area contributed by atoms with Crippen molar-refractivity contribution in [1.29, 1.82) is 0 Å². The molecule has 15 heavy (non-hydrogen) atoms. The van der Waals surface area contributed by atoms with Gasteiger partial charge in [-0.1, -0.05) is 0 Å². The van der Waals surface area contributed by atoms with Gasteiger partial charge in [0, 0.05) is 32.0 Å². The summed E-state index contributed by atoms with van der Waals surface area (Å²) in [6.07, 6.45) is 2.88. The summed E-state index contributed by atoms with van der Waals surface area (Å²) in [5, 5.41) is 8.43. The Labute approximate surface area is 90.3 Å². The maximum Gasteiger partial charge on any atom is 0.134 e. The molecule has 2 N–H and O–H groups in total. The van der Waals surface area contributed by atoms with Crippen molar-refractivity contribution in [2.45, 2.75) is 31.8 Å². The van der Waals surface area contributed by atoms with Crippen LogP contribution in [0.1, 0.15) is 18.1 Å². The van der Waals surface area contributed by atoms with Crippen LogP contribution in [0.25, 0.3) is 0 Å². The van der Waals surface area contributed by atoms with Crippen LogP contribution in [0, 0.1) is 0 Å². The molecule has 2 heterocycles. The third kappa shape index (κ3) is 2.35. The van der Waals surface area contributed by atoms with Crippen LogP contribution < -0.4 is 5.73 Å². The average Bonchev–Trinajstić information content (AvgIpc) is 2.57. The van der Waals surface area contributed by atoms with Crippen LogP contribution >= 0.6 is 0 Å². The van der Waals surface area contributed by atoms with Gasteiger partial charge in [-0.25, -0.2) is 0 Å². The monoisotopic (exact) mass is 209 g/mol. The first-order chi connectivity index (χ1) is 7.16. The highest BCUT2D eigenvalue weighted by atomic mass is 15.3. The van der Waals surface area contributed by atoms with Gasteiger partial charge in [-0.05, 0) is 20.5 Å². The van der Waals surface area contributed by atoms with Gasteiger partial charge in [0.25, 0.3) is 0 Å². The van der Waals surface area contributed by atoms with Crippen molar-refractivity contribution in [1.82, 2.24) is 19.7 Å². The summed E-state index contributed by atoms with van der Waals surface area (Å²) >= 11 is 0. The van der Waals surface area contributed by atoms with Crippen LogP contribution in [-0.2, 0) is 19.4 Å². The molecular formula is C10H19N5. The smallest absolute Gasteiger partial charge is 0.134 e. The summed E-state index contributed by atoms with van der Waals surface area (Å²) < 4.78 is 2.23. The predicted molar refractivity (Wildman–Crippen MR) is 58.6 cm³/mol. The molecule has 1 atom stereocenters. The second kappa shape index (κ2) is 4.28. The van der Waals surface area contributed by atoms with E-state index < -0.39 is 0 Å². The molecule has 0 spiro atoms. The Hall–Kier alpha value is -0.940. The second-order valence-electron chi connectivity index (χ2n) is 4.49. The minimum absolute atomic E-state index is 0.267. The molecule has 0 saturated heterocycles. The normalized spacial score (nSPS) is 20.7. The number of hydrogen-bond acceptors (Lipinski definition) is 4. The Balaban J connectivity index is 2.07. The lowest BCUT2D eigenvalue weighted by Crippen LogP contribution is -2.31. The van der Waals surface area contributed by atoms with E-state index >= 15 is 0 Å². The van der Waals surface area contributed by atoms with Crippen molar-refractivity contribution in [3.05, 3.63) is 11.6 Å². The van der Waals surface area contributed by atoms with Crippen LogP contribution in [-0.4, -0.2) is 46.3 Å². The molecular weight excluding hydrogens is 190 g/mol. The Morgan fingerprint density at radius 1 is 1.47 bits per heavy atom. The number of hydrogen-bond donors (Lipinski definition) is 1. The Kier molecular flexibility index (Phi) is 3.02. The van der Waals surface area contributed by atoms with E-state index in [9.17, 15) is 0 Å². The molecule has 5 nitrogen and oxygen atoms in total. The Bertz CT molecular complexity index is 331. The Morgan fingerprint density at radius 3 is 3.00 bits per heavy atom. The number of nitrogens with two attached hydrogens (primary N) is 1. The number of fused-ring (bicyclic) bond motifs is 1. The molecule has 0 aliphatic carbocycles. The minimum atomic E-state index is 0.267. The van der Waals surface area contributed by atoms with Crippen molar-refractivity contribution in [3.8, 4) is 0 Å². The van der Waals surface area contributed by atoms with Crippen molar-refractivity contribution < 1.29 is 0 Å². The summed E-state index contributed by atoms with van der Waals surface area (Å²) in [4.78, 5) is 2.16. The van der Waals surface area contributed by atoms with E-state index in [1.807, 2.05) is 0 Å². The van der Waals surface area contributed by atoms with Gasteiger partial charge in [0.1, 0.15) is 11.6 Å². The lowest BCUT2D eigenvalue weighted by Gasteiger charge is -2.20. The van der Waals surface area contributed by atoms with Crippen LogP contribution in [0.3, 0.4) is 0 Å². The largest absolute Gasteiger partial charge is 0.327 e. The molecule has 1 aliphatic rings. The summed E-state index contributed by atoms with van der Waals surface area (Å²) in [6, 6.07) is 0.267. The van der Waals surface area contributed by atoms with Crippen LogP contribution in [0.2, 0.25) is 0 Å². The third-order valence-electron chi connectivity index (χ3n) is 2.85. The molecule has 1 aromatic rings. The minimum Gasteiger partial charge on any atom is -0.327 e. The standard InChI is InChI=1S/C10H19N5/c1-14(2)5-4-9-12-13-10-7-8(11)3-6-15(9)10/h8H,3-7,11H2,1-2H3. The highest BCUT2D eigenvalue weighted by Gasteiger charge is 2.19. The zero-order valence-electron chi connectivity index (χ0n) is 9.48. The van der Waals surface area contributed by atoms with E-state index in [2.05, 4.69) is 33.8 Å². The lowest BCUT2D eigenvalue weighted by atomic mass is 10.1. The Morgan fingerprint density at radius 2 is 2.27 bits per heavy atom. The van der Waals surface area contributed by atoms with Crippen LogP contribution in [0.5, 0.6) is 0 Å². The first-order valence-corrected chi connectivity index (χ1v) is 5.48. The zero-order chi connectivity index (χ0) is 10.8. The highest BCUT2D eigenvalue weighted by molar-refractivity contribution is 5.01. The van der Waals surface area contributed by atoms with Crippen molar-refractivity contribution in [2.75, 3.05) is 20.6 Å². The van der Waals surface area contributed by atoms with Gasteiger partial charge in [0.15, 0.2) is 0 Å². The molecule has 1 unspecified atom stereocenters. The van der Waals surface area contributed by atoms with Crippen molar-refractivity contribution >= 4 is 0 Å². The maximum atomic E-state index is 5.89. The SMILES string of the molecule is CN(C)CCc1nnc2n1CCC(N)C2. The molecule has 0 aromatic carbocycles. The second-order valence-corrected chi connectivity index (χ2v) is 4.49. The van der Waals surface area contributed by atoms with Crippen LogP contribution in [0.15, 0.2) is 0 Å². The molecule has 0 fully saturated rings. The van der Waals surface area contributed by atoms with Gasteiger partial charge in [0.2, 0.25) is 0 Å². The number of nitrogens with zero attached hydrogens (tertiary/aromatic N) is 4. The summed E-state index contributed by atoms with van der Waals surface area (Å²) in [6.45, 7) is 2.00. The first kappa shape index (κ1) is 10.6. The van der Waals surface area contributed by atoms with Crippen molar-refractivity contribution in [3.63, 3.8) is 0 Å². The third-order valence-corrected chi connectivity index (χ3v) is 2.85. The quantitative estimate of drug-likeness (QED) is 0.739. The number of likely N-dealkylation sites (N-methyl/N-ethyl adjacent to an activating group) is 1. The first-order valence-electron chi connectivity index (χ1n) is 5.48. The van der Waals surface area contributed by atoms with Gasteiger partial charge in [0.05, 0.1) is 0 Å². The molecule has 2 rings (SSSR count). The molecule has 0 bridgehead atoms. The molecule has 84 valence electrons. The molecule has 1 aromatic heterocycles. The fourth-order valence-electron chi connectivity index (χ4n) is 1.92. The summed E-state index contributed by atoms with van der Waals surface area (Å²) in [5.41, 5.74) is 5.89. The lowest BCUT2D eigenvalue weighted by molar-refractivity contribution is 0.397. The van der Waals surface area contributed by atoms with Gasteiger partial charge < -0.3 is 15.2 Å². The predicted octanol–water partition coefficient (Wildman–Crippen LogP) is -0.344. The highest BCUT2D eigenvalue weighted by Crippen LogP contribution is 2.14. The molecule has 5 heteroatoms. The van der Waals surface area contributed by atoms with Gasteiger partial charge in [-0.2, -0.15) is 0 Å². The van der Waals surface area contributed by atoms with E-state index in [0.29, 0.717) is 0 Å². The fraction of sp³-hybridized carbons (Fsp3) is 0.800. The molecule has 0 amide bonds. The van der Waals surface area contributed by atoms with Gasteiger partial charge in [-0.15, -0.1) is 10.2 Å². The van der Waals surface area contributed by atoms with E-state index in [1.165, 1.54) is 0 Å². The van der Waals surface area contributed by atoms with E-state index in [1.54, 1.807) is 0 Å². The molecule has 0 saturated carbocycles. The average molecular weight is 209 g/mol. The van der Waals surface area contributed by atoms with E-state index in [0.717, 1.165) is 44.0 Å². The zero-order valence-corrected chi connectivity index (χ0v) is 9.48. The number of rotatable bonds is 3. The summed E-state index contributed by atoms with van der Waals surface area (Å²) in [5.74, 6) is 2.16. The van der Waals surface area contributed by atoms with E-state index in [4.69, 9.17) is 5.73 Å².